The van der Waals surface area contributed by atoms with Crippen molar-refractivity contribution in [1.82, 2.24) is 0 Å². The van der Waals surface area contributed by atoms with Crippen LogP contribution in [-0.2, 0) is 12.4 Å². The number of hydrogen-bond acceptors (Lipinski definition) is 0. The van der Waals surface area contributed by atoms with Crippen LogP contribution in [0.2, 0.25) is 0 Å². The van der Waals surface area contributed by atoms with Crippen molar-refractivity contribution in [2.75, 3.05) is 0 Å². The Labute approximate surface area is 453 Å². The highest BCUT2D eigenvalue weighted by Crippen LogP contribution is 2.63. The molecule has 0 aromatic heterocycles. The van der Waals surface area contributed by atoms with Crippen molar-refractivity contribution in [3.63, 3.8) is 0 Å². The molecule has 15 aromatic rings. The molecule has 0 radical (unpaired) electrons. The van der Waals surface area contributed by atoms with Crippen molar-refractivity contribution >= 4 is 86.2 Å². The SMILES string of the molecule is FC(F)(F)c1cccc(-c2c3c(c(-c4ccccc4)c4cc5ccccc5cc24)-c2ccc4c5ccc6c7c(ccc(c8ccc-3c2c48)c75)-c2c-6c(-c3cccc(C(F)(F)F)c3)c3cc4ccccc4cc3c2-c2ccccc2)c1. The lowest BCUT2D eigenvalue weighted by molar-refractivity contribution is -0.138. The molecule has 376 valence electrons. The van der Waals surface area contributed by atoms with Crippen molar-refractivity contribution in [2.24, 2.45) is 0 Å². The van der Waals surface area contributed by atoms with Crippen LogP contribution < -0.4 is 0 Å². The molecule has 0 N–H and O–H groups in total. The summed E-state index contributed by atoms with van der Waals surface area (Å²) in [6, 6.07) is 74.8. The summed E-state index contributed by atoms with van der Waals surface area (Å²) in [5.41, 5.74) is 12.8. The Hall–Kier alpha value is -9.78. The Bertz CT molecular complexity index is 4890. The summed E-state index contributed by atoms with van der Waals surface area (Å²) in [7, 11) is 0. The maximum Gasteiger partial charge on any atom is 0.416 e. The monoisotopic (exact) mass is 1040 g/mol. The van der Waals surface area contributed by atoms with Gasteiger partial charge in [-0.15, -0.1) is 0 Å². The Balaban J connectivity index is 1.00. The number of hydrogen-bond donors (Lipinski definition) is 0. The second-order valence-electron chi connectivity index (χ2n) is 21.5. The maximum absolute atomic E-state index is 14.8. The maximum atomic E-state index is 14.8. The first kappa shape index (κ1) is 45.3. The molecule has 17 rings (SSSR count). The van der Waals surface area contributed by atoms with E-state index in [0.29, 0.717) is 11.1 Å². The van der Waals surface area contributed by atoms with Crippen LogP contribution in [-0.4, -0.2) is 0 Å². The zero-order valence-electron chi connectivity index (χ0n) is 42.2. The van der Waals surface area contributed by atoms with Gasteiger partial charge >= 0.3 is 12.4 Å². The molecular formula is C74H38F6. The lowest BCUT2D eigenvalue weighted by atomic mass is 9.81. The molecule has 0 saturated heterocycles. The van der Waals surface area contributed by atoms with Crippen molar-refractivity contribution in [2.45, 2.75) is 12.4 Å². The molecule has 6 heteroatoms. The van der Waals surface area contributed by atoms with Gasteiger partial charge in [0.1, 0.15) is 0 Å². The minimum atomic E-state index is -4.56. The molecule has 0 spiro atoms. The molecule has 0 unspecified atom stereocenters. The lowest BCUT2D eigenvalue weighted by Crippen LogP contribution is -2.04. The van der Waals surface area contributed by atoms with Crippen LogP contribution in [0.5, 0.6) is 0 Å². The summed E-state index contributed by atoms with van der Waals surface area (Å²) in [6.07, 6.45) is -9.12. The largest absolute Gasteiger partial charge is 0.416 e. The summed E-state index contributed by atoms with van der Waals surface area (Å²) < 4.78 is 88.6. The van der Waals surface area contributed by atoms with Gasteiger partial charge in [-0.3, -0.25) is 0 Å². The van der Waals surface area contributed by atoms with Crippen LogP contribution in [0, 0.1) is 0 Å². The first-order valence-corrected chi connectivity index (χ1v) is 26.7. The van der Waals surface area contributed by atoms with E-state index in [1.54, 1.807) is 0 Å². The van der Waals surface area contributed by atoms with E-state index >= 15 is 0 Å². The number of rotatable bonds is 4. The van der Waals surface area contributed by atoms with Crippen molar-refractivity contribution in [1.29, 1.82) is 0 Å². The molecule has 0 saturated carbocycles. The standard InChI is InChI=1S/C74H38F6/c75-73(76,77)47-23-11-21-45(33-47)63-59-37-43-19-9-7-17-41(43)35-57(59)61(39-13-3-1-4-14-39)69-53-29-25-49-52-28-32-56-68-54(30-26-50(66(52)68)51-27-31-55(71(63)69)67(53)65(49)51)70-62(40-15-5-2-6-16-40)58-36-42-18-8-10-20-44(42)38-60(58)64(72(56)70)46-22-12-24-48(34-46)74(78,79)80/h1-38H. The van der Waals surface area contributed by atoms with Gasteiger partial charge in [-0.1, -0.05) is 182 Å². The number of halogens is 6. The fourth-order valence-corrected chi connectivity index (χ4v) is 14.3. The average Bonchev–Trinajstić information content (AvgIpc) is 3.19. The predicted octanol–water partition coefficient (Wildman–Crippen LogP) is 22.4. The van der Waals surface area contributed by atoms with E-state index in [1.165, 1.54) is 24.3 Å². The van der Waals surface area contributed by atoms with Crippen LogP contribution in [0.1, 0.15) is 11.1 Å². The van der Waals surface area contributed by atoms with E-state index in [4.69, 9.17) is 0 Å². The molecule has 0 fully saturated rings. The molecule has 15 aromatic carbocycles. The van der Waals surface area contributed by atoms with E-state index in [-0.39, 0.29) is 0 Å². The number of fused-ring (bicyclic) bond motifs is 12. The smallest absolute Gasteiger partial charge is 0.166 e. The van der Waals surface area contributed by atoms with Gasteiger partial charge in [-0.2, -0.15) is 26.3 Å². The Kier molecular flexibility index (Phi) is 9.01. The first-order chi connectivity index (χ1) is 39.0. The van der Waals surface area contributed by atoms with Gasteiger partial charge in [0.2, 0.25) is 0 Å². The molecule has 0 heterocycles. The fraction of sp³-hybridized carbons (Fsp3) is 0.0270. The van der Waals surface area contributed by atoms with Crippen molar-refractivity contribution in [3.8, 4) is 89.0 Å². The van der Waals surface area contributed by atoms with Crippen molar-refractivity contribution < 1.29 is 26.3 Å². The van der Waals surface area contributed by atoms with E-state index < -0.39 is 23.5 Å². The normalized spacial score (nSPS) is 12.9. The minimum absolute atomic E-state index is 0.488. The highest BCUT2D eigenvalue weighted by Gasteiger charge is 2.38. The van der Waals surface area contributed by atoms with Crippen LogP contribution in [0.3, 0.4) is 0 Å². The topological polar surface area (TPSA) is 0 Å². The van der Waals surface area contributed by atoms with Gasteiger partial charge < -0.3 is 0 Å². The first-order valence-electron chi connectivity index (χ1n) is 26.7. The molecule has 80 heavy (non-hydrogen) atoms. The van der Waals surface area contributed by atoms with E-state index in [2.05, 4.69) is 121 Å². The highest BCUT2D eigenvalue weighted by molar-refractivity contribution is 6.42. The molecule has 2 aliphatic rings. The summed E-state index contributed by atoms with van der Waals surface area (Å²) in [5, 5.41) is 16.0. The zero-order valence-corrected chi connectivity index (χ0v) is 42.2. The van der Waals surface area contributed by atoms with Crippen LogP contribution in [0.25, 0.3) is 175 Å². The number of benzene rings is 15. The summed E-state index contributed by atoms with van der Waals surface area (Å²) in [6.45, 7) is 0. The third-order valence-corrected chi connectivity index (χ3v) is 17.4. The van der Waals surface area contributed by atoms with Crippen LogP contribution in [0.15, 0.2) is 231 Å². The average molecular weight is 1040 g/mol. The van der Waals surface area contributed by atoms with Gasteiger partial charge in [-0.05, 0) is 224 Å². The molecule has 0 bridgehead atoms. The summed E-state index contributed by atoms with van der Waals surface area (Å²) in [5.74, 6) is 0. The Morgan fingerprint density at radius 3 is 0.775 bits per heavy atom. The van der Waals surface area contributed by atoms with Gasteiger partial charge in [0.15, 0.2) is 0 Å². The molecular weight excluding hydrogens is 1000 g/mol. The summed E-state index contributed by atoms with van der Waals surface area (Å²) >= 11 is 0. The van der Waals surface area contributed by atoms with Gasteiger partial charge in [0, 0.05) is 0 Å². The van der Waals surface area contributed by atoms with Crippen LogP contribution >= 0.6 is 0 Å². The molecule has 0 nitrogen and oxygen atoms in total. The van der Waals surface area contributed by atoms with E-state index in [9.17, 15) is 26.3 Å². The van der Waals surface area contributed by atoms with Crippen LogP contribution in [0.4, 0.5) is 26.3 Å². The fourth-order valence-electron chi connectivity index (χ4n) is 14.3. The quantitative estimate of drug-likeness (QED) is 0.0936. The highest BCUT2D eigenvalue weighted by atomic mass is 19.4. The van der Waals surface area contributed by atoms with Gasteiger partial charge in [0.25, 0.3) is 0 Å². The molecule has 0 aliphatic heterocycles. The van der Waals surface area contributed by atoms with Gasteiger partial charge in [-0.25, -0.2) is 0 Å². The second kappa shape index (κ2) is 15.9. The second-order valence-corrected chi connectivity index (χ2v) is 21.5. The Morgan fingerprint density at radius 2 is 0.475 bits per heavy atom. The third kappa shape index (κ3) is 6.13. The predicted molar refractivity (Wildman–Crippen MR) is 318 cm³/mol. The minimum Gasteiger partial charge on any atom is -0.166 e. The lowest BCUT2D eigenvalue weighted by Gasteiger charge is -2.21. The Morgan fingerprint density at radius 1 is 0.200 bits per heavy atom. The van der Waals surface area contributed by atoms with Crippen molar-refractivity contribution in [3.05, 3.63) is 242 Å². The number of alkyl halides is 6. The molecule has 0 amide bonds. The third-order valence-electron chi connectivity index (χ3n) is 17.4. The zero-order chi connectivity index (χ0) is 53.5. The van der Waals surface area contributed by atoms with Gasteiger partial charge in [0.05, 0.1) is 11.1 Å². The molecule has 0 atom stereocenters. The summed E-state index contributed by atoms with van der Waals surface area (Å²) in [4.78, 5) is 0. The van der Waals surface area contributed by atoms with E-state index in [0.717, 1.165) is 176 Å². The molecule has 2 aliphatic carbocycles. The van der Waals surface area contributed by atoms with E-state index in [1.807, 2.05) is 72.8 Å².